The number of nitrogens with one attached hydrogen (secondary N) is 2. The molecule has 0 radical (unpaired) electrons. The summed E-state index contributed by atoms with van der Waals surface area (Å²) in [4.78, 5) is 4.71. The number of guanidine groups is 1. The van der Waals surface area contributed by atoms with Crippen LogP contribution in [0.3, 0.4) is 0 Å². The molecule has 1 aromatic carbocycles. The highest BCUT2D eigenvalue weighted by Crippen LogP contribution is 2.43. The predicted octanol–water partition coefficient (Wildman–Crippen LogP) is 3.36. The molecule has 0 amide bonds. The first-order chi connectivity index (χ1) is 12.1. The second-order valence-electron chi connectivity index (χ2n) is 6.64. The Balaban J connectivity index is 1.68. The number of hydrogen-bond acceptors (Lipinski definition) is 2. The van der Waals surface area contributed by atoms with Gasteiger partial charge in [0, 0.05) is 36.2 Å². The highest BCUT2D eigenvalue weighted by atomic mass is 79.9. The molecule has 1 aromatic heterocycles. The van der Waals surface area contributed by atoms with Crippen LogP contribution in [-0.2, 0) is 19.0 Å². The average Bonchev–Trinajstić information content (AvgIpc) is 2.96. The van der Waals surface area contributed by atoms with Crippen LogP contribution >= 0.6 is 15.9 Å². The van der Waals surface area contributed by atoms with Gasteiger partial charge in [-0.15, -0.1) is 0 Å². The minimum Gasteiger partial charge on any atom is -0.357 e. The lowest BCUT2D eigenvalue weighted by Crippen LogP contribution is -2.49. The number of hydrogen-bond donors (Lipinski definition) is 2. The van der Waals surface area contributed by atoms with E-state index in [0.29, 0.717) is 6.54 Å². The molecule has 3 rings (SSSR count). The fraction of sp³-hybridized carbons (Fsp3) is 0.474. The number of benzene rings is 1. The standard InChI is InChI=1S/C19H26BrN5/c1-3-21-18(22-13-17-8-11-24-25(17)2)23-14-19(9-5-10-19)15-6-4-7-16(20)12-15/h4,6-8,11-12H,3,5,9-10,13-14H2,1-2H3,(H2,21,22,23). The van der Waals surface area contributed by atoms with E-state index < -0.39 is 0 Å². The maximum Gasteiger partial charge on any atom is 0.191 e. The molecular formula is C19H26BrN5. The van der Waals surface area contributed by atoms with Crippen molar-refractivity contribution in [3.05, 3.63) is 52.3 Å². The predicted molar refractivity (Wildman–Crippen MR) is 106 cm³/mol. The summed E-state index contributed by atoms with van der Waals surface area (Å²) >= 11 is 3.60. The van der Waals surface area contributed by atoms with Crippen molar-refractivity contribution in [2.24, 2.45) is 12.0 Å². The maximum atomic E-state index is 4.71. The van der Waals surface area contributed by atoms with Gasteiger partial charge in [-0.3, -0.25) is 4.68 Å². The molecule has 0 bridgehead atoms. The smallest absolute Gasteiger partial charge is 0.191 e. The van der Waals surface area contributed by atoms with E-state index in [1.54, 1.807) is 0 Å². The molecule has 2 N–H and O–H groups in total. The van der Waals surface area contributed by atoms with Crippen LogP contribution in [0.4, 0.5) is 0 Å². The third-order valence-corrected chi connectivity index (χ3v) is 5.50. The Morgan fingerprint density at radius 3 is 2.76 bits per heavy atom. The molecule has 25 heavy (non-hydrogen) atoms. The van der Waals surface area contributed by atoms with Crippen LogP contribution in [0.5, 0.6) is 0 Å². The fourth-order valence-electron chi connectivity index (χ4n) is 3.30. The topological polar surface area (TPSA) is 54.2 Å². The summed E-state index contributed by atoms with van der Waals surface area (Å²) in [5, 5.41) is 11.1. The van der Waals surface area contributed by atoms with Gasteiger partial charge in [0.1, 0.15) is 0 Å². The van der Waals surface area contributed by atoms with Crippen molar-refractivity contribution in [3.63, 3.8) is 0 Å². The molecule has 1 heterocycles. The van der Waals surface area contributed by atoms with Gasteiger partial charge in [-0.1, -0.05) is 34.5 Å². The first-order valence-electron chi connectivity index (χ1n) is 8.88. The second kappa shape index (κ2) is 8.04. The van der Waals surface area contributed by atoms with E-state index in [-0.39, 0.29) is 5.41 Å². The molecule has 5 nitrogen and oxygen atoms in total. The zero-order chi connectivity index (χ0) is 17.7. The van der Waals surface area contributed by atoms with Gasteiger partial charge in [-0.05, 0) is 43.5 Å². The van der Waals surface area contributed by atoms with Crippen molar-refractivity contribution >= 4 is 21.9 Å². The lowest BCUT2D eigenvalue weighted by atomic mass is 9.64. The van der Waals surface area contributed by atoms with Gasteiger partial charge < -0.3 is 10.6 Å². The van der Waals surface area contributed by atoms with E-state index >= 15 is 0 Å². The van der Waals surface area contributed by atoms with Crippen LogP contribution in [0.1, 0.15) is 37.4 Å². The van der Waals surface area contributed by atoms with Gasteiger partial charge in [0.15, 0.2) is 5.96 Å². The Hall–Kier alpha value is -1.82. The first kappa shape index (κ1) is 18.0. The number of halogens is 1. The number of rotatable bonds is 6. The Kier molecular flexibility index (Phi) is 5.78. The van der Waals surface area contributed by atoms with E-state index in [2.05, 4.69) is 62.9 Å². The second-order valence-corrected chi connectivity index (χ2v) is 7.55. The summed E-state index contributed by atoms with van der Waals surface area (Å²) in [6, 6.07) is 10.7. The maximum absolute atomic E-state index is 4.71. The highest BCUT2D eigenvalue weighted by molar-refractivity contribution is 9.10. The molecule has 1 aliphatic carbocycles. The van der Waals surface area contributed by atoms with E-state index in [9.17, 15) is 0 Å². The monoisotopic (exact) mass is 403 g/mol. The van der Waals surface area contributed by atoms with Gasteiger partial charge in [0.05, 0.1) is 12.2 Å². The van der Waals surface area contributed by atoms with Gasteiger partial charge in [0.2, 0.25) is 0 Å². The molecule has 1 aliphatic rings. The molecule has 134 valence electrons. The van der Waals surface area contributed by atoms with Crippen molar-refractivity contribution in [2.45, 2.75) is 38.1 Å². The van der Waals surface area contributed by atoms with Crippen molar-refractivity contribution < 1.29 is 0 Å². The molecule has 0 saturated heterocycles. The Bertz CT molecular complexity index is 733. The van der Waals surface area contributed by atoms with Crippen LogP contribution in [0, 0.1) is 0 Å². The van der Waals surface area contributed by atoms with Gasteiger partial charge in [-0.25, -0.2) is 4.99 Å². The minimum atomic E-state index is 0.215. The zero-order valence-electron chi connectivity index (χ0n) is 14.9. The molecule has 1 fully saturated rings. The fourth-order valence-corrected chi connectivity index (χ4v) is 3.70. The van der Waals surface area contributed by atoms with Gasteiger partial charge in [-0.2, -0.15) is 5.10 Å². The molecule has 6 heteroatoms. The molecule has 0 spiro atoms. The van der Waals surface area contributed by atoms with Crippen molar-refractivity contribution in [1.29, 1.82) is 0 Å². The lowest BCUT2D eigenvalue weighted by molar-refractivity contribution is 0.243. The van der Waals surface area contributed by atoms with E-state index in [1.807, 2.05) is 24.0 Å². The SMILES string of the molecule is CCNC(=NCc1ccnn1C)NCC1(c2cccc(Br)c2)CCC1. The molecule has 0 aliphatic heterocycles. The number of aliphatic imine (C=N–C) groups is 1. The third kappa shape index (κ3) is 4.24. The van der Waals surface area contributed by atoms with Crippen LogP contribution in [0.25, 0.3) is 0 Å². The van der Waals surface area contributed by atoms with Gasteiger partial charge >= 0.3 is 0 Å². The summed E-state index contributed by atoms with van der Waals surface area (Å²) in [6.07, 6.45) is 5.54. The molecule has 0 unspecified atom stereocenters. The molecular weight excluding hydrogens is 378 g/mol. The van der Waals surface area contributed by atoms with E-state index in [4.69, 9.17) is 4.99 Å². The highest BCUT2D eigenvalue weighted by Gasteiger charge is 2.38. The number of aryl methyl sites for hydroxylation is 1. The summed E-state index contributed by atoms with van der Waals surface area (Å²) in [5.74, 6) is 0.866. The van der Waals surface area contributed by atoms with Crippen LogP contribution in [-0.4, -0.2) is 28.8 Å². The van der Waals surface area contributed by atoms with Crippen molar-refractivity contribution in [2.75, 3.05) is 13.1 Å². The normalized spacial score (nSPS) is 16.4. The summed E-state index contributed by atoms with van der Waals surface area (Å²) in [6.45, 7) is 4.46. The third-order valence-electron chi connectivity index (χ3n) is 5.01. The largest absolute Gasteiger partial charge is 0.357 e. The molecule has 2 aromatic rings. The van der Waals surface area contributed by atoms with E-state index in [1.165, 1.54) is 24.8 Å². The zero-order valence-corrected chi connectivity index (χ0v) is 16.5. The number of nitrogens with zero attached hydrogens (tertiary/aromatic N) is 3. The Morgan fingerprint density at radius 1 is 1.32 bits per heavy atom. The first-order valence-corrected chi connectivity index (χ1v) is 9.67. The van der Waals surface area contributed by atoms with Crippen LogP contribution in [0.15, 0.2) is 46.0 Å². The van der Waals surface area contributed by atoms with E-state index in [0.717, 1.165) is 29.2 Å². The summed E-state index contributed by atoms with van der Waals surface area (Å²) in [7, 11) is 1.95. The lowest BCUT2D eigenvalue weighted by Gasteiger charge is -2.43. The Morgan fingerprint density at radius 2 is 2.16 bits per heavy atom. The molecule has 0 atom stereocenters. The van der Waals surface area contributed by atoms with Crippen LogP contribution < -0.4 is 10.6 Å². The average molecular weight is 404 g/mol. The quantitative estimate of drug-likeness (QED) is 0.574. The Labute approximate surface area is 158 Å². The van der Waals surface area contributed by atoms with Crippen molar-refractivity contribution in [1.82, 2.24) is 20.4 Å². The number of aromatic nitrogens is 2. The minimum absolute atomic E-state index is 0.215. The molecule has 1 saturated carbocycles. The summed E-state index contributed by atoms with van der Waals surface area (Å²) in [5.41, 5.74) is 2.72. The van der Waals surface area contributed by atoms with Gasteiger partial charge in [0.25, 0.3) is 0 Å². The van der Waals surface area contributed by atoms with Crippen molar-refractivity contribution in [3.8, 4) is 0 Å². The summed E-state index contributed by atoms with van der Waals surface area (Å²) < 4.78 is 3.01. The van der Waals surface area contributed by atoms with Crippen LogP contribution in [0.2, 0.25) is 0 Å².